The van der Waals surface area contributed by atoms with Crippen LogP contribution in [-0.4, -0.2) is 111 Å². The van der Waals surface area contributed by atoms with Crippen LogP contribution < -0.4 is 0 Å². The summed E-state index contributed by atoms with van der Waals surface area (Å²) in [6.07, 6.45) is -14.5. The first-order valence-corrected chi connectivity index (χ1v) is 10.1. The van der Waals surface area contributed by atoms with Crippen molar-refractivity contribution in [3.05, 3.63) is 0 Å². The van der Waals surface area contributed by atoms with E-state index in [1.54, 1.807) is 0 Å². The van der Waals surface area contributed by atoms with Crippen LogP contribution in [0.15, 0.2) is 0 Å². The molecule has 0 spiro atoms. The van der Waals surface area contributed by atoms with Crippen LogP contribution in [-0.2, 0) is 23.7 Å². The van der Waals surface area contributed by atoms with Crippen molar-refractivity contribution in [2.45, 2.75) is 102 Å². The molecule has 0 bridgehead atoms. The van der Waals surface area contributed by atoms with Crippen molar-refractivity contribution in [1.29, 1.82) is 0 Å². The minimum Gasteiger partial charge on any atom is -0.388 e. The smallest absolute Gasteiger partial charge is 0.187 e. The number of aliphatic hydroxyl groups is 6. The standard InChI is InChI=1S/C19H34O11/c1-7(2)5-10(20)8(3)28-19-17(26)15(24)13(22)11(30-19)6-27-18-16(25)14(23)12(21)9(4)29-18/h7-9,11-19,21-26H,5-6H2,1-4H3/t8-,9-,11+,12-,13+,14+,15-,16+,17+,18+,19+/m0/s1. The van der Waals surface area contributed by atoms with Crippen LogP contribution in [0.3, 0.4) is 0 Å². The van der Waals surface area contributed by atoms with Gasteiger partial charge in [0, 0.05) is 6.42 Å². The first-order valence-electron chi connectivity index (χ1n) is 10.1. The summed E-state index contributed by atoms with van der Waals surface area (Å²) < 4.78 is 21.7. The highest BCUT2D eigenvalue weighted by molar-refractivity contribution is 5.82. The molecule has 0 saturated carbocycles. The van der Waals surface area contributed by atoms with Crippen LogP contribution >= 0.6 is 0 Å². The van der Waals surface area contributed by atoms with Gasteiger partial charge in [0.2, 0.25) is 0 Å². The second-order valence-corrected chi connectivity index (χ2v) is 8.37. The maximum absolute atomic E-state index is 12.1. The maximum Gasteiger partial charge on any atom is 0.187 e. The lowest BCUT2D eigenvalue weighted by molar-refractivity contribution is -0.331. The molecular formula is C19H34O11. The van der Waals surface area contributed by atoms with Crippen molar-refractivity contribution in [3.63, 3.8) is 0 Å². The fourth-order valence-corrected chi connectivity index (χ4v) is 3.35. The summed E-state index contributed by atoms with van der Waals surface area (Å²) in [5.74, 6) is -0.0815. The van der Waals surface area contributed by atoms with Gasteiger partial charge < -0.3 is 49.6 Å². The van der Waals surface area contributed by atoms with Crippen LogP contribution in [0, 0.1) is 5.92 Å². The predicted octanol–water partition coefficient (Wildman–Crippen LogP) is -2.34. The van der Waals surface area contributed by atoms with Gasteiger partial charge in [0.25, 0.3) is 0 Å². The predicted molar refractivity (Wildman–Crippen MR) is 100.0 cm³/mol. The highest BCUT2D eigenvalue weighted by Gasteiger charge is 2.47. The molecular weight excluding hydrogens is 404 g/mol. The van der Waals surface area contributed by atoms with Gasteiger partial charge in [-0.1, -0.05) is 13.8 Å². The molecule has 0 unspecified atom stereocenters. The molecule has 0 radical (unpaired) electrons. The molecule has 176 valence electrons. The summed E-state index contributed by atoms with van der Waals surface area (Å²) in [5.41, 5.74) is 0. The van der Waals surface area contributed by atoms with E-state index in [1.165, 1.54) is 13.8 Å². The zero-order valence-electron chi connectivity index (χ0n) is 17.6. The van der Waals surface area contributed by atoms with E-state index in [-0.39, 0.29) is 18.1 Å². The summed E-state index contributed by atoms with van der Waals surface area (Å²) in [6.45, 7) is 6.35. The quantitative estimate of drug-likeness (QED) is 0.239. The number of carbonyl (C=O) groups is 1. The van der Waals surface area contributed by atoms with Crippen molar-refractivity contribution in [2.24, 2.45) is 5.92 Å². The van der Waals surface area contributed by atoms with E-state index in [0.29, 0.717) is 0 Å². The number of aliphatic hydroxyl groups excluding tert-OH is 6. The maximum atomic E-state index is 12.1. The molecule has 11 nitrogen and oxygen atoms in total. The summed E-state index contributed by atoms with van der Waals surface area (Å²) >= 11 is 0. The average Bonchev–Trinajstić information content (AvgIpc) is 2.68. The van der Waals surface area contributed by atoms with Gasteiger partial charge in [-0.3, -0.25) is 4.79 Å². The molecule has 11 atom stereocenters. The van der Waals surface area contributed by atoms with Gasteiger partial charge in [-0.15, -0.1) is 0 Å². The Morgan fingerprint density at radius 2 is 1.40 bits per heavy atom. The Bertz CT molecular complexity index is 559. The second kappa shape index (κ2) is 10.7. The third-order valence-corrected chi connectivity index (χ3v) is 5.30. The molecule has 0 amide bonds. The molecule has 2 aliphatic rings. The summed E-state index contributed by atoms with van der Waals surface area (Å²) in [6, 6.07) is 0. The third kappa shape index (κ3) is 5.94. The van der Waals surface area contributed by atoms with Gasteiger partial charge in [-0.05, 0) is 19.8 Å². The summed E-state index contributed by atoms with van der Waals surface area (Å²) in [7, 11) is 0. The van der Waals surface area contributed by atoms with Crippen molar-refractivity contribution in [3.8, 4) is 0 Å². The average molecular weight is 438 g/mol. The first-order chi connectivity index (χ1) is 13.9. The number of hydrogen-bond acceptors (Lipinski definition) is 11. The van der Waals surface area contributed by atoms with Gasteiger partial charge >= 0.3 is 0 Å². The number of ether oxygens (including phenoxy) is 4. The van der Waals surface area contributed by atoms with E-state index >= 15 is 0 Å². The topological polar surface area (TPSA) is 175 Å². The highest BCUT2D eigenvalue weighted by atomic mass is 16.7. The van der Waals surface area contributed by atoms with E-state index in [4.69, 9.17) is 18.9 Å². The van der Waals surface area contributed by atoms with Gasteiger partial charge in [0.15, 0.2) is 18.4 Å². The van der Waals surface area contributed by atoms with E-state index in [1.807, 2.05) is 13.8 Å². The van der Waals surface area contributed by atoms with Crippen LogP contribution in [0.5, 0.6) is 0 Å². The number of rotatable bonds is 8. The zero-order chi connectivity index (χ0) is 22.7. The fourth-order valence-electron chi connectivity index (χ4n) is 3.35. The minimum atomic E-state index is -1.63. The molecule has 2 heterocycles. The third-order valence-electron chi connectivity index (χ3n) is 5.30. The van der Waals surface area contributed by atoms with Crippen molar-refractivity contribution in [1.82, 2.24) is 0 Å². The fraction of sp³-hybridized carbons (Fsp3) is 0.947. The molecule has 0 aliphatic carbocycles. The monoisotopic (exact) mass is 438 g/mol. The lowest BCUT2D eigenvalue weighted by atomic mass is 9.98. The van der Waals surface area contributed by atoms with Crippen molar-refractivity contribution < 1.29 is 54.4 Å². The van der Waals surface area contributed by atoms with Crippen LogP contribution in [0.2, 0.25) is 0 Å². The second-order valence-electron chi connectivity index (χ2n) is 8.37. The molecule has 2 saturated heterocycles. The molecule has 2 aliphatic heterocycles. The lowest BCUT2D eigenvalue weighted by Gasteiger charge is -2.42. The number of hydrogen-bond donors (Lipinski definition) is 6. The largest absolute Gasteiger partial charge is 0.388 e. The number of Topliss-reactive ketones (excluding diaryl/α,β-unsaturated/α-hetero) is 1. The van der Waals surface area contributed by atoms with Crippen LogP contribution in [0.4, 0.5) is 0 Å². The normalized spacial score (nSPS) is 43.6. The Morgan fingerprint density at radius 1 is 0.833 bits per heavy atom. The van der Waals surface area contributed by atoms with Crippen LogP contribution in [0.25, 0.3) is 0 Å². The molecule has 2 rings (SSSR count). The van der Waals surface area contributed by atoms with E-state index in [0.717, 1.165) is 0 Å². The molecule has 11 heteroatoms. The Kier molecular flexibility index (Phi) is 9.13. The van der Waals surface area contributed by atoms with Crippen molar-refractivity contribution >= 4 is 5.78 Å². The minimum absolute atomic E-state index is 0.118. The van der Waals surface area contributed by atoms with Gasteiger partial charge in [-0.2, -0.15) is 0 Å². The Morgan fingerprint density at radius 3 is 2.00 bits per heavy atom. The van der Waals surface area contributed by atoms with E-state index in [9.17, 15) is 35.4 Å². The molecule has 6 N–H and O–H groups in total. The van der Waals surface area contributed by atoms with Crippen molar-refractivity contribution in [2.75, 3.05) is 6.61 Å². The molecule has 0 aromatic rings. The summed E-state index contributed by atoms with van der Waals surface area (Å²) in [5, 5.41) is 60.1. The molecule has 0 aromatic carbocycles. The number of ketones is 1. The first kappa shape index (κ1) is 25.5. The Labute approximate surface area is 175 Å². The SMILES string of the molecule is CC(C)CC(=O)[C@H](C)O[C@@H]1O[C@H](CO[C@@H]2O[C@@H](C)[C@H](O)[C@@H](O)[C@H]2O)[C@@H](O)[C@H](O)[C@H]1O. The highest BCUT2D eigenvalue weighted by Crippen LogP contribution is 2.26. The zero-order valence-corrected chi connectivity index (χ0v) is 17.6. The number of carbonyl (C=O) groups excluding carboxylic acids is 1. The Hall–Kier alpha value is -0.730. The van der Waals surface area contributed by atoms with Gasteiger partial charge in [0.05, 0.1) is 12.7 Å². The van der Waals surface area contributed by atoms with Crippen LogP contribution in [0.1, 0.15) is 34.1 Å². The van der Waals surface area contributed by atoms with E-state index < -0.39 is 74.1 Å². The van der Waals surface area contributed by atoms with E-state index in [2.05, 4.69) is 0 Å². The Balaban J connectivity index is 1.98. The van der Waals surface area contributed by atoms with Gasteiger partial charge in [0.1, 0.15) is 48.8 Å². The van der Waals surface area contributed by atoms with Gasteiger partial charge in [-0.25, -0.2) is 0 Å². The summed E-state index contributed by atoms with van der Waals surface area (Å²) in [4.78, 5) is 12.1. The molecule has 2 fully saturated rings. The molecule has 30 heavy (non-hydrogen) atoms. The molecule has 0 aromatic heterocycles. The lowest BCUT2D eigenvalue weighted by Crippen LogP contribution is -2.61.